The highest BCUT2D eigenvalue weighted by molar-refractivity contribution is 6.31. The molecule has 1 aromatic carbocycles. The van der Waals surface area contributed by atoms with E-state index in [-0.39, 0.29) is 18.5 Å². The zero-order valence-corrected chi connectivity index (χ0v) is 19.9. The Labute approximate surface area is 204 Å². The highest BCUT2D eigenvalue weighted by Crippen LogP contribution is 2.43. The maximum Gasteiger partial charge on any atom is 0.434 e. The summed E-state index contributed by atoms with van der Waals surface area (Å²) in [6, 6.07) is 5.91. The van der Waals surface area contributed by atoms with Crippen LogP contribution in [0.25, 0.3) is 0 Å². The maximum absolute atomic E-state index is 12.7. The average Bonchev–Trinajstić information content (AvgIpc) is 2.77. The minimum Gasteiger partial charge on any atom is -0.426 e. The molecule has 0 saturated carbocycles. The molecular weight excluding hydrogens is 500 g/mol. The lowest BCUT2D eigenvalue weighted by Gasteiger charge is -2.54. The molecule has 0 atom stereocenters. The van der Waals surface area contributed by atoms with Crippen LogP contribution in [0.15, 0.2) is 18.2 Å². The molecule has 3 fully saturated rings. The van der Waals surface area contributed by atoms with E-state index in [0.29, 0.717) is 24.4 Å². The van der Waals surface area contributed by atoms with Crippen LogP contribution in [0.2, 0.25) is 5.02 Å². The molecule has 12 heteroatoms. The van der Waals surface area contributed by atoms with Gasteiger partial charge >= 0.3 is 18.4 Å². The second-order valence-electron chi connectivity index (χ2n) is 9.76. The molecule has 3 saturated heterocycles. The first-order valence-electron chi connectivity index (χ1n) is 11.7. The minimum atomic E-state index is -5.72. The maximum atomic E-state index is 12.7. The van der Waals surface area contributed by atoms with Gasteiger partial charge in [-0.05, 0) is 49.7 Å². The van der Waals surface area contributed by atoms with E-state index in [1.54, 1.807) is 0 Å². The highest BCUT2D eigenvalue weighted by atomic mass is 35.5. The molecule has 1 spiro atoms. The molecule has 1 amide bonds. The fourth-order valence-electron chi connectivity index (χ4n) is 5.35. The van der Waals surface area contributed by atoms with Crippen molar-refractivity contribution in [1.82, 2.24) is 9.80 Å². The summed E-state index contributed by atoms with van der Waals surface area (Å²) in [6.45, 7) is 4.22. The number of likely N-dealkylation sites (tertiary alicyclic amines) is 2. The summed E-state index contributed by atoms with van der Waals surface area (Å²) >= 11 is 6.54. The minimum absolute atomic E-state index is 0.0558. The SMILES string of the molecule is O=C(OC(C(F)(F)F)C(F)(F)F)N1CCC2(CC1)CN(Cc1c(Cl)cccc1N1CCCCC1)C2. The number of rotatable bonds is 4. The first-order valence-corrected chi connectivity index (χ1v) is 12.1. The second-order valence-corrected chi connectivity index (χ2v) is 10.2. The Morgan fingerprint density at radius 1 is 0.971 bits per heavy atom. The van der Waals surface area contributed by atoms with E-state index >= 15 is 0 Å². The van der Waals surface area contributed by atoms with E-state index in [2.05, 4.69) is 20.6 Å². The van der Waals surface area contributed by atoms with Gasteiger partial charge in [-0.15, -0.1) is 0 Å². The summed E-state index contributed by atoms with van der Waals surface area (Å²) in [5.41, 5.74) is 2.09. The van der Waals surface area contributed by atoms with Crippen LogP contribution in [0.5, 0.6) is 0 Å². The molecule has 0 aliphatic carbocycles. The number of carbonyl (C=O) groups is 1. The highest BCUT2D eigenvalue weighted by Gasteiger charge is 2.60. The van der Waals surface area contributed by atoms with Crippen LogP contribution in [-0.2, 0) is 11.3 Å². The molecule has 0 unspecified atom stereocenters. The van der Waals surface area contributed by atoms with Gasteiger partial charge in [0.2, 0.25) is 0 Å². The standard InChI is InChI=1S/C23H28ClF6N3O2/c24-17-5-4-6-18(32-9-2-1-3-10-32)16(17)13-31-14-21(15-31)7-11-33(12-8-21)20(34)35-19(22(25,26)27)23(28,29)30/h4-6,19H,1-3,7-15H2. The number of piperidine rings is 2. The van der Waals surface area contributed by atoms with Crippen LogP contribution < -0.4 is 4.90 Å². The van der Waals surface area contributed by atoms with Crippen molar-refractivity contribution >= 4 is 23.4 Å². The Morgan fingerprint density at radius 2 is 1.57 bits per heavy atom. The number of nitrogens with zero attached hydrogens (tertiary/aromatic N) is 3. The number of alkyl halides is 6. The monoisotopic (exact) mass is 527 g/mol. The summed E-state index contributed by atoms with van der Waals surface area (Å²) < 4.78 is 80.0. The van der Waals surface area contributed by atoms with E-state index in [0.717, 1.165) is 55.2 Å². The lowest BCUT2D eigenvalue weighted by molar-refractivity contribution is -0.308. The van der Waals surface area contributed by atoms with Crippen molar-refractivity contribution in [2.45, 2.75) is 57.1 Å². The van der Waals surface area contributed by atoms with Crippen molar-refractivity contribution in [3.63, 3.8) is 0 Å². The zero-order valence-electron chi connectivity index (χ0n) is 19.1. The molecule has 196 valence electrons. The summed E-state index contributed by atoms with van der Waals surface area (Å²) in [6.07, 6.45) is -12.7. The summed E-state index contributed by atoms with van der Waals surface area (Å²) in [4.78, 5) is 17.6. The summed E-state index contributed by atoms with van der Waals surface area (Å²) in [5, 5.41) is 0.704. The van der Waals surface area contributed by atoms with Crippen molar-refractivity contribution in [2.75, 3.05) is 44.2 Å². The number of anilines is 1. The smallest absolute Gasteiger partial charge is 0.426 e. The van der Waals surface area contributed by atoms with E-state index in [1.165, 1.54) is 6.42 Å². The molecule has 1 aromatic rings. The molecule has 5 nitrogen and oxygen atoms in total. The fraction of sp³-hybridized carbons (Fsp3) is 0.696. The Hall–Kier alpha value is -1.88. The number of halogens is 7. The van der Waals surface area contributed by atoms with Crippen LogP contribution in [0.4, 0.5) is 36.8 Å². The van der Waals surface area contributed by atoms with E-state index in [9.17, 15) is 31.1 Å². The molecule has 3 aliphatic heterocycles. The predicted molar refractivity (Wildman–Crippen MR) is 118 cm³/mol. The van der Waals surface area contributed by atoms with Crippen LogP contribution >= 0.6 is 11.6 Å². The number of hydrogen-bond acceptors (Lipinski definition) is 4. The number of carbonyl (C=O) groups excluding carboxylic acids is 1. The first-order chi connectivity index (χ1) is 16.4. The lowest BCUT2D eigenvalue weighted by Crippen LogP contribution is -2.60. The summed E-state index contributed by atoms with van der Waals surface area (Å²) in [5.74, 6) is 0. The normalized spacial score (nSPS) is 21.4. The van der Waals surface area contributed by atoms with Gasteiger partial charge in [0.1, 0.15) is 0 Å². The van der Waals surface area contributed by atoms with Crippen LogP contribution in [0, 0.1) is 5.41 Å². The summed E-state index contributed by atoms with van der Waals surface area (Å²) in [7, 11) is 0. The van der Waals surface area contributed by atoms with Gasteiger partial charge in [0.15, 0.2) is 0 Å². The first kappa shape index (κ1) is 26.2. The number of amides is 1. The van der Waals surface area contributed by atoms with Crippen molar-refractivity contribution in [3.8, 4) is 0 Å². The van der Waals surface area contributed by atoms with Crippen LogP contribution in [0.3, 0.4) is 0 Å². The largest absolute Gasteiger partial charge is 0.434 e. The van der Waals surface area contributed by atoms with E-state index in [4.69, 9.17) is 11.6 Å². The molecule has 35 heavy (non-hydrogen) atoms. The predicted octanol–water partition coefficient (Wildman–Crippen LogP) is 5.86. The van der Waals surface area contributed by atoms with Crippen LogP contribution in [-0.4, -0.2) is 73.6 Å². The van der Waals surface area contributed by atoms with Gasteiger partial charge < -0.3 is 14.5 Å². The third kappa shape index (κ3) is 5.93. The molecule has 0 radical (unpaired) electrons. The quantitative estimate of drug-likeness (QED) is 0.460. The number of benzene rings is 1. The molecule has 0 aromatic heterocycles. The average molecular weight is 528 g/mol. The third-order valence-corrected chi connectivity index (χ3v) is 7.54. The van der Waals surface area contributed by atoms with Gasteiger partial charge in [0.05, 0.1) is 0 Å². The molecular formula is C23H28ClF6N3O2. The second kappa shape index (κ2) is 9.88. The lowest BCUT2D eigenvalue weighted by atomic mass is 9.72. The Morgan fingerprint density at radius 3 is 2.14 bits per heavy atom. The molecule has 0 N–H and O–H groups in total. The molecule has 0 bridgehead atoms. The third-order valence-electron chi connectivity index (χ3n) is 7.19. The molecule has 3 aliphatic rings. The number of ether oxygens (including phenoxy) is 1. The van der Waals surface area contributed by atoms with Gasteiger partial charge in [-0.2, -0.15) is 26.3 Å². The zero-order chi connectivity index (χ0) is 25.4. The van der Waals surface area contributed by atoms with Gasteiger partial charge in [0.25, 0.3) is 6.10 Å². The van der Waals surface area contributed by atoms with Gasteiger partial charge in [-0.1, -0.05) is 17.7 Å². The van der Waals surface area contributed by atoms with Crippen molar-refractivity contribution in [3.05, 3.63) is 28.8 Å². The van der Waals surface area contributed by atoms with Gasteiger partial charge in [0, 0.05) is 62.1 Å². The van der Waals surface area contributed by atoms with E-state index in [1.807, 2.05) is 12.1 Å². The molecule has 4 rings (SSSR count). The number of hydrogen-bond donors (Lipinski definition) is 0. The Balaban J connectivity index is 1.31. The van der Waals surface area contributed by atoms with Crippen molar-refractivity contribution in [2.24, 2.45) is 5.41 Å². The fourth-order valence-corrected chi connectivity index (χ4v) is 5.58. The Bertz CT molecular complexity index is 889. The molecule has 3 heterocycles. The Kier molecular flexibility index (Phi) is 7.39. The topological polar surface area (TPSA) is 36.0 Å². The van der Waals surface area contributed by atoms with Crippen LogP contribution in [0.1, 0.15) is 37.7 Å². The van der Waals surface area contributed by atoms with Gasteiger partial charge in [-0.25, -0.2) is 4.79 Å². The van der Waals surface area contributed by atoms with Crippen molar-refractivity contribution in [1.29, 1.82) is 0 Å². The van der Waals surface area contributed by atoms with Gasteiger partial charge in [-0.3, -0.25) is 4.90 Å². The van der Waals surface area contributed by atoms with E-state index < -0.39 is 24.5 Å². The van der Waals surface area contributed by atoms with Crippen molar-refractivity contribution < 1.29 is 35.9 Å².